The molecule has 14 heavy (non-hydrogen) atoms. The van der Waals surface area contributed by atoms with Crippen LogP contribution in [0.1, 0.15) is 19.3 Å². The second kappa shape index (κ2) is 4.57. The highest BCUT2D eigenvalue weighted by molar-refractivity contribution is 4.84. The van der Waals surface area contributed by atoms with Crippen LogP contribution in [0.15, 0.2) is 0 Å². The SMILES string of the molecule is OC1CN(CC2CCCCO2)CC1O. The average Bonchev–Trinajstić information content (AvgIpc) is 2.47. The molecule has 4 nitrogen and oxygen atoms in total. The topological polar surface area (TPSA) is 52.9 Å². The molecule has 0 saturated carbocycles. The summed E-state index contributed by atoms with van der Waals surface area (Å²) in [6.45, 7) is 2.89. The maximum atomic E-state index is 9.37. The fraction of sp³-hybridized carbons (Fsp3) is 1.00. The maximum absolute atomic E-state index is 9.37. The summed E-state index contributed by atoms with van der Waals surface area (Å²) in [4.78, 5) is 2.09. The summed E-state index contributed by atoms with van der Waals surface area (Å²) < 4.78 is 5.61. The van der Waals surface area contributed by atoms with Crippen LogP contribution < -0.4 is 0 Å². The van der Waals surface area contributed by atoms with Crippen LogP contribution in [-0.2, 0) is 4.74 Å². The normalized spacial score (nSPS) is 40.3. The van der Waals surface area contributed by atoms with Crippen LogP contribution >= 0.6 is 0 Å². The van der Waals surface area contributed by atoms with Crippen LogP contribution in [0.2, 0.25) is 0 Å². The third-order valence-electron chi connectivity index (χ3n) is 3.07. The molecule has 2 N–H and O–H groups in total. The predicted molar refractivity (Wildman–Crippen MR) is 52.0 cm³/mol. The minimum absolute atomic E-state index is 0.307. The molecule has 0 aliphatic carbocycles. The lowest BCUT2D eigenvalue weighted by Gasteiger charge is -2.26. The molecule has 2 saturated heterocycles. The van der Waals surface area contributed by atoms with E-state index in [4.69, 9.17) is 4.74 Å². The van der Waals surface area contributed by atoms with E-state index in [1.165, 1.54) is 12.8 Å². The highest BCUT2D eigenvalue weighted by atomic mass is 16.5. The summed E-state index contributed by atoms with van der Waals surface area (Å²) in [7, 11) is 0. The van der Waals surface area contributed by atoms with Crippen LogP contribution in [0.3, 0.4) is 0 Å². The van der Waals surface area contributed by atoms with Gasteiger partial charge in [-0.25, -0.2) is 0 Å². The first-order valence-electron chi connectivity index (χ1n) is 5.46. The lowest BCUT2D eigenvalue weighted by atomic mass is 10.1. The molecule has 4 heteroatoms. The van der Waals surface area contributed by atoms with Crippen molar-refractivity contribution in [3.8, 4) is 0 Å². The first-order valence-corrected chi connectivity index (χ1v) is 5.46. The zero-order chi connectivity index (χ0) is 9.97. The van der Waals surface area contributed by atoms with Crippen molar-refractivity contribution < 1.29 is 14.9 Å². The molecule has 0 aromatic heterocycles. The number of aliphatic hydroxyl groups is 2. The van der Waals surface area contributed by atoms with Crippen molar-refractivity contribution in [2.75, 3.05) is 26.2 Å². The number of hydrogen-bond acceptors (Lipinski definition) is 4. The van der Waals surface area contributed by atoms with Gasteiger partial charge in [0.25, 0.3) is 0 Å². The Balaban J connectivity index is 1.74. The van der Waals surface area contributed by atoms with Gasteiger partial charge < -0.3 is 14.9 Å². The molecule has 2 aliphatic rings. The lowest BCUT2D eigenvalue weighted by molar-refractivity contribution is -0.00385. The maximum Gasteiger partial charge on any atom is 0.0938 e. The Labute approximate surface area is 84.5 Å². The quantitative estimate of drug-likeness (QED) is 0.638. The summed E-state index contributed by atoms with van der Waals surface area (Å²) in [5.41, 5.74) is 0. The van der Waals surface area contributed by atoms with E-state index in [9.17, 15) is 10.2 Å². The first kappa shape index (κ1) is 10.4. The van der Waals surface area contributed by atoms with Crippen molar-refractivity contribution >= 4 is 0 Å². The molecular formula is C10H19NO3. The van der Waals surface area contributed by atoms with Gasteiger partial charge in [-0.15, -0.1) is 0 Å². The third kappa shape index (κ3) is 2.45. The Morgan fingerprint density at radius 2 is 1.86 bits per heavy atom. The Morgan fingerprint density at radius 1 is 1.14 bits per heavy atom. The van der Waals surface area contributed by atoms with E-state index >= 15 is 0 Å². The second-order valence-corrected chi connectivity index (χ2v) is 4.34. The number of aliphatic hydroxyl groups excluding tert-OH is 2. The summed E-state index contributed by atoms with van der Waals surface area (Å²) in [6, 6.07) is 0. The molecule has 0 amide bonds. The molecule has 0 spiro atoms. The fourth-order valence-electron chi connectivity index (χ4n) is 2.24. The van der Waals surface area contributed by atoms with Crippen molar-refractivity contribution in [2.24, 2.45) is 0 Å². The van der Waals surface area contributed by atoms with Gasteiger partial charge in [0.15, 0.2) is 0 Å². The highest BCUT2D eigenvalue weighted by Gasteiger charge is 2.31. The monoisotopic (exact) mass is 201 g/mol. The van der Waals surface area contributed by atoms with E-state index < -0.39 is 12.2 Å². The average molecular weight is 201 g/mol. The Morgan fingerprint density at radius 3 is 2.43 bits per heavy atom. The predicted octanol–water partition coefficient (Wildman–Crippen LogP) is -0.407. The summed E-state index contributed by atoms with van der Waals surface area (Å²) >= 11 is 0. The van der Waals surface area contributed by atoms with Gasteiger partial charge in [0, 0.05) is 26.2 Å². The van der Waals surface area contributed by atoms with E-state index in [0.717, 1.165) is 19.6 Å². The van der Waals surface area contributed by atoms with Gasteiger partial charge in [0.1, 0.15) is 0 Å². The number of nitrogens with zero attached hydrogens (tertiary/aromatic N) is 1. The zero-order valence-electron chi connectivity index (χ0n) is 8.43. The van der Waals surface area contributed by atoms with E-state index in [1.807, 2.05) is 0 Å². The van der Waals surface area contributed by atoms with Crippen molar-refractivity contribution in [3.63, 3.8) is 0 Å². The minimum atomic E-state index is -0.571. The fourth-order valence-corrected chi connectivity index (χ4v) is 2.24. The molecular weight excluding hydrogens is 182 g/mol. The third-order valence-corrected chi connectivity index (χ3v) is 3.07. The van der Waals surface area contributed by atoms with E-state index in [2.05, 4.69) is 4.90 Å². The molecule has 2 rings (SSSR count). The van der Waals surface area contributed by atoms with Gasteiger partial charge in [-0.05, 0) is 19.3 Å². The summed E-state index contributed by atoms with van der Waals surface area (Å²) in [5, 5.41) is 18.7. The number of ether oxygens (including phenoxy) is 1. The van der Waals surface area contributed by atoms with Crippen molar-refractivity contribution in [3.05, 3.63) is 0 Å². The molecule has 0 radical (unpaired) electrons. The zero-order valence-corrected chi connectivity index (χ0v) is 8.43. The van der Waals surface area contributed by atoms with Gasteiger partial charge in [-0.2, -0.15) is 0 Å². The second-order valence-electron chi connectivity index (χ2n) is 4.34. The molecule has 2 fully saturated rings. The minimum Gasteiger partial charge on any atom is -0.389 e. The van der Waals surface area contributed by atoms with Crippen LogP contribution in [0, 0.1) is 0 Å². The Bertz CT molecular complexity index is 172. The number of β-amino-alcohol motifs (C(OH)–C–C–N with tert-alkyl or cyclic N) is 2. The molecule has 2 aliphatic heterocycles. The first-order chi connectivity index (χ1) is 6.75. The van der Waals surface area contributed by atoms with Gasteiger partial charge in [0.05, 0.1) is 18.3 Å². The standard InChI is InChI=1S/C10H19NO3/c12-9-6-11(7-10(9)13)5-8-3-1-2-4-14-8/h8-10,12-13H,1-7H2. The van der Waals surface area contributed by atoms with Crippen molar-refractivity contribution in [1.29, 1.82) is 0 Å². The van der Waals surface area contributed by atoms with E-state index in [0.29, 0.717) is 19.2 Å². The lowest BCUT2D eigenvalue weighted by Crippen LogP contribution is -2.35. The van der Waals surface area contributed by atoms with Crippen LogP contribution in [0.25, 0.3) is 0 Å². The van der Waals surface area contributed by atoms with Crippen LogP contribution in [0.4, 0.5) is 0 Å². The van der Waals surface area contributed by atoms with Crippen molar-refractivity contribution in [2.45, 2.75) is 37.6 Å². The molecule has 3 atom stereocenters. The molecule has 0 aromatic carbocycles. The number of hydrogen-bond donors (Lipinski definition) is 2. The highest BCUT2D eigenvalue weighted by Crippen LogP contribution is 2.17. The molecule has 0 aromatic rings. The number of rotatable bonds is 2. The van der Waals surface area contributed by atoms with E-state index in [1.54, 1.807) is 0 Å². The Kier molecular flexibility index (Phi) is 3.38. The molecule has 82 valence electrons. The van der Waals surface area contributed by atoms with Gasteiger partial charge in [0.2, 0.25) is 0 Å². The van der Waals surface area contributed by atoms with Gasteiger partial charge >= 0.3 is 0 Å². The smallest absolute Gasteiger partial charge is 0.0938 e. The van der Waals surface area contributed by atoms with Crippen LogP contribution in [0.5, 0.6) is 0 Å². The molecule has 3 unspecified atom stereocenters. The van der Waals surface area contributed by atoms with Crippen LogP contribution in [-0.4, -0.2) is 59.7 Å². The van der Waals surface area contributed by atoms with Crippen molar-refractivity contribution in [1.82, 2.24) is 4.90 Å². The number of likely N-dealkylation sites (tertiary alicyclic amines) is 1. The summed E-state index contributed by atoms with van der Waals surface area (Å²) in [6.07, 6.45) is 2.69. The Hall–Kier alpha value is -0.160. The molecule has 0 bridgehead atoms. The van der Waals surface area contributed by atoms with E-state index in [-0.39, 0.29) is 0 Å². The molecule has 2 heterocycles. The van der Waals surface area contributed by atoms with Gasteiger partial charge in [-0.1, -0.05) is 0 Å². The summed E-state index contributed by atoms with van der Waals surface area (Å²) in [5.74, 6) is 0. The largest absolute Gasteiger partial charge is 0.389 e. The van der Waals surface area contributed by atoms with Gasteiger partial charge in [-0.3, -0.25) is 4.90 Å².